The lowest BCUT2D eigenvalue weighted by molar-refractivity contribution is -0.119. The number of aromatic nitrogens is 4. The molecule has 7 rings (SSSR count). The van der Waals surface area contributed by atoms with Gasteiger partial charge in [0.05, 0.1) is 35.5 Å². The van der Waals surface area contributed by atoms with Crippen LogP contribution in [0.5, 0.6) is 5.88 Å². The van der Waals surface area contributed by atoms with E-state index in [4.69, 9.17) is 38.0 Å². The Morgan fingerprint density at radius 1 is 0.941 bits per heavy atom. The first-order chi connectivity index (χ1) is 24.7. The van der Waals surface area contributed by atoms with Gasteiger partial charge in [0, 0.05) is 78.2 Å². The number of aliphatic hydroxyl groups excluding tert-OH is 1. The second kappa shape index (κ2) is 15.1. The number of amides is 1. The van der Waals surface area contributed by atoms with Crippen LogP contribution in [-0.2, 0) is 24.9 Å². The Hall–Kier alpha value is -4.26. The van der Waals surface area contributed by atoms with Crippen molar-refractivity contribution in [3.8, 4) is 39.4 Å². The SMILES string of the molecule is COc1nc(-c2cccc(-c3cccc(-c4cc5c(=O)n(C)c(CNC6CCC(O)CC6)nn5c4)c3Cl)c2Cl)ccc1CNCC1CCC(=O)N1. The molecule has 0 spiro atoms. The van der Waals surface area contributed by atoms with Crippen LogP contribution in [0.1, 0.15) is 49.9 Å². The van der Waals surface area contributed by atoms with Crippen molar-refractivity contribution in [3.63, 3.8) is 0 Å². The van der Waals surface area contributed by atoms with Crippen LogP contribution in [0.3, 0.4) is 0 Å². The van der Waals surface area contributed by atoms with Crippen LogP contribution in [-0.4, -0.2) is 62.0 Å². The molecule has 13 heteroatoms. The lowest BCUT2D eigenvalue weighted by atomic mass is 9.93. The number of nitrogens with one attached hydrogen (secondary N) is 3. The van der Waals surface area contributed by atoms with Crippen LogP contribution in [0.4, 0.5) is 0 Å². The fourth-order valence-corrected chi connectivity index (χ4v) is 7.70. The maximum absolute atomic E-state index is 13.4. The number of halogens is 2. The quantitative estimate of drug-likeness (QED) is 0.140. The first-order valence-corrected chi connectivity index (χ1v) is 18.1. The number of benzene rings is 2. The summed E-state index contributed by atoms with van der Waals surface area (Å²) in [6.07, 6.45) is 6.35. The lowest BCUT2D eigenvalue weighted by Crippen LogP contribution is -2.36. The summed E-state index contributed by atoms with van der Waals surface area (Å²) >= 11 is 14.2. The number of hydrogen-bond acceptors (Lipinski definition) is 8. The second-order valence-corrected chi connectivity index (χ2v) is 14.1. The number of methoxy groups -OCH3 is 1. The van der Waals surface area contributed by atoms with Gasteiger partial charge in [0.25, 0.3) is 5.56 Å². The van der Waals surface area contributed by atoms with Crippen LogP contribution in [0.2, 0.25) is 10.0 Å². The van der Waals surface area contributed by atoms with E-state index in [9.17, 15) is 14.7 Å². The van der Waals surface area contributed by atoms with Crippen LogP contribution in [0.25, 0.3) is 39.0 Å². The van der Waals surface area contributed by atoms with Gasteiger partial charge >= 0.3 is 0 Å². The van der Waals surface area contributed by atoms with Crippen molar-refractivity contribution in [2.24, 2.45) is 7.05 Å². The summed E-state index contributed by atoms with van der Waals surface area (Å²) in [5.74, 6) is 1.21. The molecule has 1 atom stereocenters. The molecule has 11 nitrogen and oxygen atoms in total. The van der Waals surface area contributed by atoms with Crippen LogP contribution >= 0.6 is 23.2 Å². The Labute approximate surface area is 306 Å². The van der Waals surface area contributed by atoms with Gasteiger partial charge in [-0.2, -0.15) is 5.10 Å². The average molecular weight is 731 g/mol. The second-order valence-electron chi connectivity index (χ2n) is 13.4. The molecular weight excluding hydrogens is 689 g/mol. The standard InChI is InChI=1S/C38H41Cl2N7O4/c1-46-33(20-42-24-10-13-26(48)14-11-24)45-47-21-23(17-32(47)38(46)50)27-5-3-6-28(35(27)39)29-7-4-8-30(36(29)40)31-15-9-22(37(44-31)51-2)18-41-19-25-12-16-34(49)43-25/h3-9,15,17,21,24-26,41-42,48H,10-14,16,18-20H2,1-2H3,(H,43,49). The van der Waals surface area contributed by atoms with Crippen molar-refractivity contribution in [2.45, 2.75) is 69.8 Å². The topological polar surface area (TPSA) is 135 Å². The van der Waals surface area contributed by atoms with Crippen LogP contribution in [0, 0.1) is 0 Å². The molecule has 2 fully saturated rings. The fraction of sp³-hybridized carbons (Fsp3) is 0.368. The van der Waals surface area contributed by atoms with E-state index in [1.54, 1.807) is 23.2 Å². The molecule has 51 heavy (non-hydrogen) atoms. The normalized spacial score (nSPS) is 19.1. The van der Waals surface area contributed by atoms with Gasteiger partial charge in [0.15, 0.2) is 0 Å². The first-order valence-electron chi connectivity index (χ1n) is 17.3. The van der Waals surface area contributed by atoms with E-state index >= 15 is 0 Å². The monoisotopic (exact) mass is 729 g/mol. The molecule has 5 aromatic rings. The zero-order chi connectivity index (χ0) is 35.6. The molecule has 4 N–H and O–H groups in total. The predicted octanol–water partition coefficient (Wildman–Crippen LogP) is 5.51. The molecule has 1 saturated carbocycles. The number of rotatable bonds is 11. The summed E-state index contributed by atoms with van der Waals surface area (Å²) in [7, 11) is 3.33. The van der Waals surface area contributed by atoms with Gasteiger partial charge in [-0.25, -0.2) is 9.50 Å². The smallest absolute Gasteiger partial charge is 0.277 e. The van der Waals surface area contributed by atoms with Gasteiger partial charge in [-0.05, 0) is 44.2 Å². The molecule has 0 radical (unpaired) electrons. The Morgan fingerprint density at radius 3 is 2.35 bits per heavy atom. The molecule has 0 bridgehead atoms. The molecule has 4 heterocycles. The third-order valence-electron chi connectivity index (χ3n) is 9.98. The van der Waals surface area contributed by atoms with Gasteiger partial charge < -0.3 is 25.8 Å². The molecular formula is C38H41Cl2N7O4. The lowest BCUT2D eigenvalue weighted by Gasteiger charge is -2.26. The molecule has 1 unspecified atom stereocenters. The van der Waals surface area contributed by atoms with Crippen molar-refractivity contribution >= 4 is 34.6 Å². The highest BCUT2D eigenvalue weighted by molar-refractivity contribution is 6.39. The highest BCUT2D eigenvalue weighted by Crippen LogP contribution is 2.42. The number of pyridine rings is 1. The number of carbonyl (C=O) groups is 1. The number of nitrogens with zero attached hydrogens (tertiary/aromatic N) is 4. The number of carbonyl (C=O) groups excluding carboxylic acids is 1. The number of ether oxygens (including phenoxy) is 1. The number of fused-ring (bicyclic) bond motifs is 1. The van der Waals surface area contributed by atoms with E-state index in [1.807, 2.05) is 60.8 Å². The van der Waals surface area contributed by atoms with Gasteiger partial charge in [-0.15, -0.1) is 0 Å². The maximum atomic E-state index is 13.4. The molecule has 1 amide bonds. The van der Waals surface area contributed by atoms with Crippen molar-refractivity contribution in [1.82, 2.24) is 35.1 Å². The summed E-state index contributed by atoms with van der Waals surface area (Å²) in [6, 6.07) is 17.6. The summed E-state index contributed by atoms with van der Waals surface area (Å²) in [5.41, 5.74) is 5.57. The van der Waals surface area contributed by atoms with E-state index in [1.165, 1.54) is 0 Å². The van der Waals surface area contributed by atoms with E-state index in [-0.39, 0.29) is 29.7 Å². The first kappa shape index (κ1) is 35.2. The van der Waals surface area contributed by atoms with Gasteiger partial charge in [-0.1, -0.05) is 65.7 Å². The minimum atomic E-state index is -0.225. The summed E-state index contributed by atoms with van der Waals surface area (Å²) in [4.78, 5) is 29.7. The zero-order valence-corrected chi connectivity index (χ0v) is 30.1. The molecule has 1 saturated heterocycles. The molecule has 266 valence electrons. The van der Waals surface area contributed by atoms with Crippen molar-refractivity contribution in [2.75, 3.05) is 13.7 Å². The summed E-state index contributed by atoms with van der Waals surface area (Å²) in [5, 5.41) is 25.5. The highest BCUT2D eigenvalue weighted by atomic mass is 35.5. The molecule has 1 aliphatic carbocycles. The van der Waals surface area contributed by atoms with E-state index in [2.05, 4.69) is 16.0 Å². The van der Waals surface area contributed by atoms with Gasteiger partial charge in [-0.3, -0.25) is 14.2 Å². The van der Waals surface area contributed by atoms with Crippen molar-refractivity contribution in [3.05, 3.63) is 92.6 Å². The minimum Gasteiger partial charge on any atom is -0.481 e. The Balaban J connectivity index is 1.13. The van der Waals surface area contributed by atoms with Crippen molar-refractivity contribution < 1.29 is 14.6 Å². The largest absolute Gasteiger partial charge is 0.481 e. The van der Waals surface area contributed by atoms with E-state index < -0.39 is 0 Å². The third-order valence-corrected chi connectivity index (χ3v) is 10.8. The number of hydrogen-bond donors (Lipinski definition) is 4. The Bertz CT molecular complexity index is 2140. The fourth-order valence-electron chi connectivity index (χ4n) is 7.03. The van der Waals surface area contributed by atoms with E-state index in [0.29, 0.717) is 59.0 Å². The van der Waals surface area contributed by atoms with Crippen LogP contribution in [0.15, 0.2) is 65.6 Å². The van der Waals surface area contributed by atoms with E-state index in [0.717, 1.165) is 65.5 Å². The molecule has 3 aromatic heterocycles. The zero-order valence-electron chi connectivity index (χ0n) is 28.6. The van der Waals surface area contributed by atoms with Gasteiger partial charge in [0.1, 0.15) is 11.3 Å². The van der Waals surface area contributed by atoms with Crippen molar-refractivity contribution in [1.29, 1.82) is 0 Å². The predicted molar refractivity (Wildman–Crippen MR) is 199 cm³/mol. The molecule has 2 aliphatic rings. The Kier molecular flexibility index (Phi) is 10.4. The number of aliphatic hydroxyl groups is 1. The summed E-state index contributed by atoms with van der Waals surface area (Å²) < 4.78 is 8.86. The third kappa shape index (κ3) is 7.40. The summed E-state index contributed by atoms with van der Waals surface area (Å²) in [6.45, 7) is 1.66. The minimum absolute atomic E-state index is 0.0937. The molecule has 2 aromatic carbocycles. The van der Waals surface area contributed by atoms with Crippen LogP contribution < -0.4 is 26.2 Å². The molecule has 1 aliphatic heterocycles. The van der Waals surface area contributed by atoms with Gasteiger partial charge in [0.2, 0.25) is 11.8 Å². The maximum Gasteiger partial charge on any atom is 0.277 e. The average Bonchev–Trinajstić information content (AvgIpc) is 3.76. The highest BCUT2D eigenvalue weighted by Gasteiger charge is 2.22. The Morgan fingerprint density at radius 2 is 1.65 bits per heavy atom.